The van der Waals surface area contributed by atoms with Gasteiger partial charge in [0.05, 0.1) is 10.6 Å². The zero-order chi connectivity index (χ0) is 18.1. The molecular weight excluding hydrogens is 359 g/mol. The molecule has 1 aliphatic heterocycles. The molecule has 1 aliphatic rings. The highest BCUT2D eigenvalue weighted by Crippen LogP contribution is 2.26. The maximum absolute atomic E-state index is 13.3. The SMILES string of the molecule is O=C(NCC(F)(F)F)C1CCCN1C(=O)c1cc(F)c(F)cc1Cl. The number of likely N-dealkylation sites (tertiary alicyclic amines) is 1. The molecule has 0 radical (unpaired) electrons. The minimum Gasteiger partial charge on any atom is -0.345 e. The molecule has 0 saturated carbocycles. The summed E-state index contributed by atoms with van der Waals surface area (Å²) in [6.45, 7) is -1.42. The van der Waals surface area contributed by atoms with Crippen molar-refractivity contribution in [2.75, 3.05) is 13.1 Å². The Kier molecular flexibility index (Phi) is 5.32. The van der Waals surface area contributed by atoms with Crippen molar-refractivity contribution in [3.63, 3.8) is 0 Å². The quantitative estimate of drug-likeness (QED) is 0.657. The maximum Gasteiger partial charge on any atom is 0.405 e. The van der Waals surface area contributed by atoms with Gasteiger partial charge in [-0.05, 0) is 25.0 Å². The van der Waals surface area contributed by atoms with E-state index in [0.717, 1.165) is 4.90 Å². The summed E-state index contributed by atoms with van der Waals surface area (Å²) in [5, 5.41) is 1.36. The average Bonchev–Trinajstić information content (AvgIpc) is 2.96. The fraction of sp³-hybridized carbons (Fsp3) is 0.429. The lowest BCUT2D eigenvalue weighted by atomic mass is 10.1. The lowest BCUT2D eigenvalue weighted by Gasteiger charge is -2.24. The minimum atomic E-state index is -4.58. The zero-order valence-corrected chi connectivity index (χ0v) is 12.8. The molecule has 2 amide bonds. The Hall–Kier alpha value is -1.90. The van der Waals surface area contributed by atoms with Crippen LogP contribution in [0, 0.1) is 11.6 Å². The average molecular weight is 371 g/mol. The van der Waals surface area contributed by atoms with E-state index in [1.165, 1.54) is 0 Å². The van der Waals surface area contributed by atoms with Gasteiger partial charge in [0.15, 0.2) is 11.6 Å². The first-order chi connectivity index (χ1) is 11.1. The molecule has 0 spiro atoms. The van der Waals surface area contributed by atoms with Gasteiger partial charge in [0.25, 0.3) is 5.91 Å². The van der Waals surface area contributed by atoms with Gasteiger partial charge in [0.2, 0.25) is 5.91 Å². The second kappa shape index (κ2) is 6.92. The Bertz CT molecular complexity index is 665. The van der Waals surface area contributed by atoms with E-state index < -0.39 is 42.2 Å². The summed E-state index contributed by atoms with van der Waals surface area (Å²) in [5.41, 5.74) is -0.355. The third-order valence-electron chi connectivity index (χ3n) is 3.52. The first-order valence-electron chi connectivity index (χ1n) is 6.90. The largest absolute Gasteiger partial charge is 0.405 e. The van der Waals surface area contributed by atoms with Crippen molar-refractivity contribution in [1.29, 1.82) is 0 Å². The summed E-state index contributed by atoms with van der Waals surface area (Å²) in [4.78, 5) is 25.3. The van der Waals surface area contributed by atoms with Crippen LogP contribution in [0.2, 0.25) is 5.02 Å². The Morgan fingerprint density at radius 2 is 1.88 bits per heavy atom. The molecule has 24 heavy (non-hydrogen) atoms. The van der Waals surface area contributed by atoms with Gasteiger partial charge in [-0.3, -0.25) is 9.59 Å². The van der Waals surface area contributed by atoms with Gasteiger partial charge in [-0.25, -0.2) is 8.78 Å². The number of benzene rings is 1. The van der Waals surface area contributed by atoms with Crippen molar-refractivity contribution in [1.82, 2.24) is 10.2 Å². The van der Waals surface area contributed by atoms with E-state index >= 15 is 0 Å². The van der Waals surface area contributed by atoms with Crippen LogP contribution in [0.3, 0.4) is 0 Å². The van der Waals surface area contributed by atoms with E-state index in [1.54, 1.807) is 5.32 Å². The van der Waals surface area contributed by atoms with Gasteiger partial charge in [-0.1, -0.05) is 11.6 Å². The van der Waals surface area contributed by atoms with Crippen molar-refractivity contribution in [3.05, 3.63) is 34.4 Å². The van der Waals surface area contributed by atoms with Crippen LogP contribution in [0.1, 0.15) is 23.2 Å². The van der Waals surface area contributed by atoms with Gasteiger partial charge >= 0.3 is 6.18 Å². The first-order valence-corrected chi connectivity index (χ1v) is 7.28. The lowest BCUT2D eigenvalue weighted by molar-refractivity contribution is -0.140. The first kappa shape index (κ1) is 18.4. The summed E-state index contributed by atoms with van der Waals surface area (Å²) in [6.07, 6.45) is -4.03. The third kappa shape index (κ3) is 4.14. The molecule has 4 nitrogen and oxygen atoms in total. The molecular formula is C14H12ClF5N2O2. The monoisotopic (exact) mass is 370 g/mol. The standard InChI is InChI=1S/C14H12ClF5N2O2/c15-8-5-10(17)9(16)4-7(8)13(24)22-3-1-2-11(22)12(23)21-6-14(18,19)20/h4-5,11H,1-3,6H2,(H,21,23). The second-order valence-electron chi connectivity index (χ2n) is 5.24. The second-order valence-corrected chi connectivity index (χ2v) is 5.64. The molecule has 1 aromatic rings. The highest BCUT2D eigenvalue weighted by Gasteiger charge is 2.37. The molecule has 1 unspecified atom stereocenters. The highest BCUT2D eigenvalue weighted by atomic mass is 35.5. The molecule has 132 valence electrons. The molecule has 1 heterocycles. The van der Waals surface area contributed by atoms with Gasteiger partial charge in [-0.2, -0.15) is 13.2 Å². The van der Waals surface area contributed by atoms with Crippen LogP contribution in [0.25, 0.3) is 0 Å². The van der Waals surface area contributed by atoms with Crippen LogP contribution in [-0.2, 0) is 4.79 Å². The normalized spacial score (nSPS) is 17.9. The maximum atomic E-state index is 13.3. The Labute approximate surface area is 138 Å². The van der Waals surface area contributed by atoms with Crippen LogP contribution >= 0.6 is 11.6 Å². The number of alkyl halides is 3. The molecule has 10 heteroatoms. The zero-order valence-electron chi connectivity index (χ0n) is 12.1. The van der Waals surface area contributed by atoms with Crippen molar-refractivity contribution in [2.24, 2.45) is 0 Å². The summed E-state index contributed by atoms with van der Waals surface area (Å²) in [6, 6.07) is 0.103. The summed E-state index contributed by atoms with van der Waals surface area (Å²) < 4.78 is 62.9. The van der Waals surface area contributed by atoms with Crippen molar-refractivity contribution < 1.29 is 31.5 Å². The van der Waals surface area contributed by atoms with E-state index in [2.05, 4.69) is 0 Å². The van der Waals surface area contributed by atoms with Gasteiger partial charge in [-0.15, -0.1) is 0 Å². The van der Waals surface area contributed by atoms with Gasteiger partial charge in [0.1, 0.15) is 12.6 Å². The lowest BCUT2D eigenvalue weighted by Crippen LogP contribution is -2.48. The number of hydrogen-bond acceptors (Lipinski definition) is 2. The van der Waals surface area contributed by atoms with Crippen LogP contribution in [0.4, 0.5) is 22.0 Å². The van der Waals surface area contributed by atoms with Crippen molar-refractivity contribution in [3.8, 4) is 0 Å². The Morgan fingerprint density at radius 1 is 1.25 bits per heavy atom. The van der Waals surface area contributed by atoms with Crippen LogP contribution in [0.15, 0.2) is 12.1 Å². The van der Waals surface area contributed by atoms with Gasteiger partial charge in [0, 0.05) is 6.54 Å². The minimum absolute atomic E-state index is 0.0955. The number of carbonyl (C=O) groups excluding carboxylic acids is 2. The predicted octanol–water partition coefficient (Wildman–Crippen LogP) is 2.90. The Morgan fingerprint density at radius 3 is 2.50 bits per heavy atom. The fourth-order valence-corrected chi connectivity index (χ4v) is 2.66. The molecule has 1 fully saturated rings. The van der Waals surface area contributed by atoms with E-state index in [-0.39, 0.29) is 23.6 Å². The van der Waals surface area contributed by atoms with E-state index in [1.807, 2.05) is 0 Å². The number of halogens is 6. The van der Waals surface area contributed by atoms with Crippen molar-refractivity contribution >= 4 is 23.4 Å². The molecule has 1 atom stereocenters. The molecule has 0 bridgehead atoms. The third-order valence-corrected chi connectivity index (χ3v) is 3.83. The molecule has 1 aromatic carbocycles. The van der Waals surface area contributed by atoms with Crippen LogP contribution < -0.4 is 5.32 Å². The molecule has 2 rings (SSSR count). The highest BCUT2D eigenvalue weighted by molar-refractivity contribution is 6.33. The van der Waals surface area contributed by atoms with Crippen LogP contribution in [-0.4, -0.2) is 42.0 Å². The summed E-state index contributed by atoms with van der Waals surface area (Å²) in [7, 11) is 0. The summed E-state index contributed by atoms with van der Waals surface area (Å²) in [5.74, 6) is -4.34. The smallest absolute Gasteiger partial charge is 0.345 e. The molecule has 1 saturated heterocycles. The Balaban J connectivity index is 2.17. The number of rotatable bonds is 3. The number of nitrogens with one attached hydrogen (secondary N) is 1. The fourth-order valence-electron chi connectivity index (χ4n) is 2.43. The summed E-state index contributed by atoms with van der Waals surface area (Å²) >= 11 is 5.72. The van der Waals surface area contributed by atoms with E-state index in [4.69, 9.17) is 11.6 Å². The van der Waals surface area contributed by atoms with Crippen LogP contribution in [0.5, 0.6) is 0 Å². The number of hydrogen-bond donors (Lipinski definition) is 1. The predicted molar refractivity (Wildman–Crippen MR) is 74.5 cm³/mol. The number of carbonyl (C=O) groups is 2. The number of nitrogens with zero attached hydrogens (tertiary/aromatic N) is 1. The number of amides is 2. The molecule has 1 N–H and O–H groups in total. The van der Waals surface area contributed by atoms with E-state index in [9.17, 15) is 31.5 Å². The van der Waals surface area contributed by atoms with Gasteiger partial charge < -0.3 is 10.2 Å². The molecule has 0 aromatic heterocycles. The van der Waals surface area contributed by atoms with E-state index in [0.29, 0.717) is 18.6 Å². The molecule has 0 aliphatic carbocycles. The van der Waals surface area contributed by atoms with Crippen molar-refractivity contribution in [2.45, 2.75) is 25.1 Å². The topological polar surface area (TPSA) is 49.4 Å².